The number of likely N-dealkylation sites (tertiary alicyclic amines) is 1. The van der Waals surface area contributed by atoms with Crippen LogP contribution in [0.2, 0.25) is 0 Å². The van der Waals surface area contributed by atoms with Gasteiger partial charge in [-0.15, -0.1) is 0 Å². The van der Waals surface area contributed by atoms with E-state index in [0.717, 1.165) is 5.56 Å². The Morgan fingerprint density at radius 2 is 1.55 bits per heavy atom. The van der Waals surface area contributed by atoms with Crippen LogP contribution in [0.15, 0.2) is 24.3 Å². The molecule has 56 heavy (non-hydrogen) atoms. The van der Waals surface area contributed by atoms with Gasteiger partial charge in [0, 0.05) is 40.0 Å². The number of likely N-dealkylation sites (N-methyl/N-ethyl adjacent to an activating group) is 2. The topological polar surface area (TPSA) is 199 Å². The number of benzene rings is 1. The molecule has 0 radical (unpaired) electrons. The highest BCUT2D eigenvalue weighted by atomic mass is 16.5. The predicted octanol–water partition coefficient (Wildman–Crippen LogP) is 2.54. The van der Waals surface area contributed by atoms with Crippen molar-refractivity contribution in [2.75, 3.05) is 47.6 Å². The number of nitrogens with one attached hydrogen (secondary N) is 3. The maximum absolute atomic E-state index is 14.2. The number of anilines is 1. The van der Waals surface area contributed by atoms with Gasteiger partial charge in [-0.05, 0) is 62.4 Å². The standard InChI is InChI=1S/C41H68N8O7/c1-13-26(6)36(48(10)41(54)34(24(2)3)46-40(53)35(25(4)5)47(8)9)32(55-11)21-33(50)49-20-14-15-31(49)37(56-12)27(7)38(51)45-30(22-42)39(52)44-23-28-16-18-29(43)19-17-28/h16-19,24-27,30-32,34-37H,13-15,20-21,23,43H2,1-12H3,(H,44,52)(H,45,51)(H,46,53)/t26-,27+,30?,31-,32+,34-,35-,36-,37+/m0/s1. The summed E-state index contributed by atoms with van der Waals surface area (Å²) in [6, 6.07) is 5.18. The van der Waals surface area contributed by atoms with E-state index < -0.39 is 60.1 Å². The fraction of sp³-hybridized carbons (Fsp3) is 0.707. The highest BCUT2D eigenvalue weighted by Gasteiger charge is 2.43. The number of hydrogen-bond acceptors (Lipinski definition) is 10. The molecule has 0 bridgehead atoms. The molecule has 1 aromatic rings. The summed E-state index contributed by atoms with van der Waals surface area (Å²) in [6.07, 6.45) is 0.530. The molecule has 9 atom stereocenters. The molecule has 1 saturated heterocycles. The normalized spacial score (nSPS) is 18.6. The minimum atomic E-state index is -1.44. The first-order valence-corrected chi connectivity index (χ1v) is 19.7. The van der Waals surface area contributed by atoms with E-state index in [1.54, 1.807) is 48.0 Å². The van der Waals surface area contributed by atoms with Crippen LogP contribution < -0.4 is 21.7 Å². The third-order valence-electron chi connectivity index (χ3n) is 11.1. The van der Waals surface area contributed by atoms with E-state index in [4.69, 9.17) is 15.2 Å². The highest BCUT2D eigenvalue weighted by Crippen LogP contribution is 2.30. The minimum Gasteiger partial charge on any atom is -0.399 e. The third-order valence-corrected chi connectivity index (χ3v) is 11.1. The van der Waals surface area contributed by atoms with E-state index >= 15 is 0 Å². The number of nitrogens with two attached hydrogens (primary N) is 1. The number of nitrogen functional groups attached to an aromatic ring is 1. The molecule has 15 nitrogen and oxygen atoms in total. The van der Waals surface area contributed by atoms with Crippen LogP contribution in [-0.4, -0.2) is 129 Å². The minimum absolute atomic E-state index is 0.0272. The average Bonchev–Trinajstić information content (AvgIpc) is 3.64. The Kier molecular flexibility index (Phi) is 19.2. The van der Waals surface area contributed by atoms with Gasteiger partial charge in [-0.2, -0.15) is 5.26 Å². The zero-order valence-electron chi connectivity index (χ0n) is 35.6. The molecule has 1 fully saturated rings. The summed E-state index contributed by atoms with van der Waals surface area (Å²) in [4.78, 5) is 73.3. The van der Waals surface area contributed by atoms with Gasteiger partial charge >= 0.3 is 0 Å². The number of nitrogens with zero attached hydrogens (tertiary/aromatic N) is 4. The predicted molar refractivity (Wildman–Crippen MR) is 215 cm³/mol. The molecule has 5 amide bonds. The van der Waals surface area contributed by atoms with Crippen LogP contribution in [0.3, 0.4) is 0 Å². The smallest absolute Gasteiger partial charge is 0.257 e. The summed E-state index contributed by atoms with van der Waals surface area (Å²) in [7, 11) is 8.39. The van der Waals surface area contributed by atoms with Gasteiger partial charge in [0.25, 0.3) is 5.91 Å². The van der Waals surface area contributed by atoms with Crippen LogP contribution in [0.1, 0.15) is 79.7 Å². The van der Waals surface area contributed by atoms with Crippen LogP contribution in [0.25, 0.3) is 0 Å². The van der Waals surface area contributed by atoms with Crippen molar-refractivity contribution in [1.82, 2.24) is 30.7 Å². The van der Waals surface area contributed by atoms with Crippen molar-refractivity contribution in [3.05, 3.63) is 29.8 Å². The zero-order chi connectivity index (χ0) is 42.4. The Bertz CT molecular complexity index is 1490. The monoisotopic (exact) mass is 785 g/mol. The molecule has 314 valence electrons. The summed E-state index contributed by atoms with van der Waals surface area (Å²) in [5.41, 5.74) is 7.09. The highest BCUT2D eigenvalue weighted by molar-refractivity contribution is 5.91. The molecule has 0 saturated carbocycles. The summed E-state index contributed by atoms with van der Waals surface area (Å²) >= 11 is 0. The van der Waals surface area contributed by atoms with Gasteiger partial charge in [0.1, 0.15) is 6.04 Å². The van der Waals surface area contributed by atoms with Crippen molar-refractivity contribution in [2.45, 2.75) is 123 Å². The number of ether oxygens (including phenoxy) is 2. The maximum Gasteiger partial charge on any atom is 0.257 e. The van der Waals surface area contributed by atoms with E-state index in [1.165, 1.54) is 14.2 Å². The molecule has 0 spiro atoms. The van der Waals surface area contributed by atoms with Crippen molar-refractivity contribution >= 4 is 35.2 Å². The average molecular weight is 785 g/mol. The molecule has 1 unspecified atom stereocenters. The lowest BCUT2D eigenvalue weighted by Gasteiger charge is -2.41. The van der Waals surface area contributed by atoms with Gasteiger partial charge in [0.15, 0.2) is 6.04 Å². The number of amides is 5. The molecule has 5 N–H and O–H groups in total. The Balaban J connectivity index is 2.23. The second-order valence-corrected chi connectivity index (χ2v) is 16.0. The number of methoxy groups -OCH3 is 2. The second-order valence-electron chi connectivity index (χ2n) is 16.0. The van der Waals surface area contributed by atoms with Crippen molar-refractivity contribution in [1.29, 1.82) is 5.26 Å². The van der Waals surface area contributed by atoms with Gasteiger partial charge in [0.2, 0.25) is 23.6 Å². The summed E-state index contributed by atoms with van der Waals surface area (Å²) in [6.45, 7) is 14.0. The van der Waals surface area contributed by atoms with Gasteiger partial charge in [-0.1, -0.05) is 67.0 Å². The van der Waals surface area contributed by atoms with Crippen molar-refractivity contribution in [3.63, 3.8) is 0 Å². The van der Waals surface area contributed by atoms with Crippen LogP contribution in [0.4, 0.5) is 5.69 Å². The molecule has 1 heterocycles. The molecule has 1 aliphatic heterocycles. The first-order chi connectivity index (χ1) is 26.3. The molecule has 2 rings (SSSR count). The SMILES string of the molecule is CC[C@H](C)[C@@H]([C@@H](CC(=O)N1CCC[C@H]1[C@H](OC)[C@@H](C)C(=O)NC(C#N)C(=O)NCc1ccc(N)cc1)OC)N(C)C(=O)[C@@H](NC(=O)[C@H](C(C)C)N(C)C)C(C)C. The van der Waals surface area contributed by atoms with Crippen molar-refractivity contribution in [2.24, 2.45) is 23.7 Å². The Labute approximate surface area is 334 Å². The van der Waals surface area contributed by atoms with Crippen LogP contribution in [0.5, 0.6) is 0 Å². The number of carbonyl (C=O) groups is 5. The number of nitriles is 1. The van der Waals surface area contributed by atoms with E-state index in [-0.39, 0.29) is 48.4 Å². The molecular formula is C41H68N8O7. The first kappa shape index (κ1) is 47.9. The van der Waals surface area contributed by atoms with Crippen molar-refractivity contribution < 1.29 is 33.4 Å². The lowest BCUT2D eigenvalue weighted by atomic mass is 9.89. The van der Waals surface area contributed by atoms with Gasteiger partial charge in [-0.25, -0.2) is 0 Å². The molecule has 1 aliphatic rings. The first-order valence-electron chi connectivity index (χ1n) is 19.7. The third kappa shape index (κ3) is 12.6. The molecule has 15 heteroatoms. The summed E-state index contributed by atoms with van der Waals surface area (Å²) in [5.74, 6) is -2.96. The molecule has 0 aliphatic carbocycles. The molecular weight excluding hydrogens is 716 g/mol. The van der Waals surface area contributed by atoms with E-state index in [1.807, 2.05) is 66.6 Å². The molecule has 0 aromatic heterocycles. The van der Waals surface area contributed by atoms with Gasteiger partial charge in [0.05, 0.1) is 48.7 Å². The Hall–Kier alpha value is -4.26. The molecule has 1 aromatic carbocycles. The zero-order valence-corrected chi connectivity index (χ0v) is 35.6. The maximum atomic E-state index is 14.2. The van der Waals surface area contributed by atoms with Crippen molar-refractivity contribution in [3.8, 4) is 6.07 Å². The van der Waals surface area contributed by atoms with E-state index in [0.29, 0.717) is 31.5 Å². The van der Waals surface area contributed by atoms with Crippen LogP contribution >= 0.6 is 0 Å². The quantitative estimate of drug-likeness (QED) is 0.134. The number of rotatable bonds is 21. The fourth-order valence-electron chi connectivity index (χ4n) is 7.77. The number of hydrogen-bond donors (Lipinski definition) is 4. The number of carbonyl (C=O) groups excluding carboxylic acids is 5. The summed E-state index contributed by atoms with van der Waals surface area (Å²) in [5, 5.41) is 18.0. The lowest BCUT2D eigenvalue weighted by Crippen LogP contribution is -2.59. The lowest BCUT2D eigenvalue weighted by molar-refractivity contribution is -0.148. The fourth-order valence-corrected chi connectivity index (χ4v) is 7.77. The van der Waals surface area contributed by atoms with Crippen LogP contribution in [0, 0.1) is 35.0 Å². The largest absolute Gasteiger partial charge is 0.399 e. The Morgan fingerprint density at radius 3 is 2.05 bits per heavy atom. The van der Waals surface area contributed by atoms with Gasteiger partial charge < -0.3 is 41.0 Å². The Morgan fingerprint density at radius 1 is 0.929 bits per heavy atom. The van der Waals surface area contributed by atoms with E-state index in [2.05, 4.69) is 16.0 Å². The van der Waals surface area contributed by atoms with E-state index in [9.17, 15) is 29.2 Å². The van der Waals surface area contributed by atoms with Gasteiger partial charge in [-0.3, -0.25) is 28.9 Å². The summed E-state index contributed by atoms with van der Waals surface area (Å²) < 4.78 is 11.8. The van der Waals surface area contributed by atoms with Crippen LogP contribution in [-0.2, 0) is 40.0 Å². The second kappa shape index (κ2) is 22.5.